The summed E-state index contributed by atoms with van der Waals surface area (Å²) in [4.78, 5) is 13.0. The highest BCUT2D eigenvalue weighted by molar-refractivity contribution is 9.10. The molecule has 1 saturated heterocycles. The van der Waals surface area contributed by atoms with Crippen LogP contribution in [0.3, 0.4) is 0 Å². The third-order valence-electron chi connectivity index (χ3n) is 4.70. The second-order valence-corrected chi connectivity index (χ2v) is 9.26. The van der Waals surface area contributed by atoms with Gasteiger partial charge in [0, 0.05) is 19.6 Å². The Kier molecular flexibility index (Phi) is 7.35. The number of sulfonamides is 1. The minimum Gasteiger partial charge on any atom is -0.497 e. The maximum Gasteiger partial charge on any atom is 0.255 e. The van der Waals surface area contributed by atoms with Crippen LogP contribution in [0.4, 0.5) is 0 Å². The summed E-state index contributed by atoms with van der Waals surface area (Å²) in [5, 5.41) is 2.78. The molecule has 10 heteroatoms. The monoisotopic (exact) mass is 498 g/mol. The Balaban J connectivity index is 1.84. The maximum absolute atomic E-state index is 13.1. The Bertz CT molecular complexity index is 1020. The molecule has 0 radical (unpaired) electrons. The number of ether oxygens (including phenoxy) is 3. The molecule has 2 aromatic carbocycles. The van der Waals surface area contributed by atoms with Crippen molar-refractivity contribution in [1.82, 2.24) is 9.62 Å². The van der Waals surface area contributed by atoms with Crippen LogP contribution in [0.1, 0.15) is 15.9 Å². The summed E-state index contributed by atoms with van der Waals surface area (Å²) in [5.74, 6) is 0.440. The second-order valence-electron chi connectivity index (χ2n) is 6.50. The lowest BCUT2D eigenvalue weighted by Crippen LogP contribution is -2.41. The number of carbonyl (C=O) groups is 1. The molecule has 0 aliphatic carbocycles. The van der Waals surface area contributed by atoms with Gasteiger partial charge in [0.25, 0.3) is 5.91 Å². The molecule has 0 atom stereocenters. The molecule has 3 rings (SSSR count). The Morgan fingerprint density at radius 2 is 1.87 bits per heavy atom. The van der Waals surface area contributed by atoms with E-state index >= 15 is 0 Å². The molecule has 162 valence electrons. The van der Waals surface area contributed by atoms with Gasteiger partial charge in [-0.1, -0.05) is 18.2 Å². The number of nitrogens with one attached hydrogen (secondary N) is 1. The molecule has 0 unspecified atom stereocenters. The van der Waals surface area contributed by atoms with Gasteiger partial charge in [0.15, 0.2) is 0 Å². The van der Waals surface area contributed by atoms with Crippen LogP contribution >= 0.6 is 15.9 Å². The summed E-state index contributed by atoms with van der Waals surface area (Å²) in [7, 11) is -0.717. The molecule has 1 aliphatic rings. The van der Waals surface area contributed by atoms with Crippen molar-refractivity contribution in [1.29, 1.82) is 0 Å². The first-order valence-corrected chi connectivity index (χ1v) is 11.5. The zero-order chi connectivity index (χ0) is 21.7. The zero-order valence-electron chi connectivity index (χ0n) is 16.7. The van der Waals surface area contributed by atoms with Gasteiger partial charge in [0.1, 0.15) is 11.5 Å². The van der Waals surface area contributed by atoms with Crippen LogP contribution < -0.4 is 14.8 Å². The standard InChI is InChI=1S/C20H23BrN2O6S/c1-27-15-11-16(19(28-2)17(21)12-15)20(24)22-13-14-5-3-4-6-18(14)30(25,26)23-7-9-29-10-8-23/h3-6,11-12H,7-10,13H2,1-2H3,(H,22,24). The van der Waals surface area contributed by atoms with Crippen LogP contribution in [-0.2, 0) is 21.3 Å². The van der Waals surface area contributed by atoms with Crippen molar-refractivity contribution in [3.05, 3.63) is 52.0 Å². The lowest BCUT2D eigenvalue weighted by molar-refractivity contribution is 0.0730. The van der Waals surface area contributed by atoms with E-state index < -0.39 is 15.9 Å². The van der Waals surface area contributed by atoms with E-state index in [4.69, 9.17) is 14.2 Å². The average Bonchev–Trinajstić information content (AvgIpc) is 2.77. The number of hydrogen-bond acceptors (Lipinski definition) is 6. The number of carbonyl (C=O) groups excluding carboxylic acids is 1. The topological polar surface area (TPSA) is 94.2 Å². The van der Waals surface area contributed by atoms with Crippen LogP contribution in [0.15, 0.2) is 45.8 Å². The van der Waals surface area contributed by atoms with Gasteiger partial charge in [0.05, 0.1) is 42.4 Å². The number of methoxy groups -OCH3 is 2. The first-order valence-electron chi connectivity index (χ1n) is 9.24. The Hall–Kier alpha value is -2.14. The van der Waals surface area contributed by atoms with E-state index in [9.17, 15) is 13.2 Å². The Morgan fingerprint density at radius 3 is 2.53 bits per heavy atom. The molecule has 0 spiro atoms. The van der Waals surface area contributed by atoms with Crippen molar-refractivity contribution in [2.75, 3.05) is 40.5 Å². The highest BCUT2D eigenvalue weighted by Crippen LogP contribution is 2.33. The summed E-state index contributed by atoms with van der Waals surface area (Å²) in [5.41, 5.74) is 0.774. The number of rotatable bonds is 7. The Labute approximate surface area is 184 Å². The van der Waals surface area contributed by atoms with Gasteiger partial charge in [-0.15, -0.1) is 0 Å². The van der Waals surface area contributed by atoms with Gasteiger partial charge in [-0.05, 0) is 39.7 Å². The lowest BCUT2D eigenvalue weighted by atomic mass is 10.1. The molecule has 0 bridgehead atoms. The third kappa shape index (κ3) is 4.77. The normalized spacial score (nSPS) is 14.9. The predicted octanol–water partition coefficient (Wildman–Crippen LogP) is 2.42. The molecular formula is C20H23BrN2O6S. The molecule has 0 saturated carbocycles. The summed E-state index contributed by atoms with van der Waals surface area (Å²) in [6, 6.07) is 9.90. The molecule has 1 heterocycles. The van der Waals surface area contributed by atoms with E-state index in [1.54, 1.807) is 36.4 Å². The minimum absolute atomic E-state index is 0.0383. The number of nitrogens with zero attached hydrogens (tertiary/aromatic N) is 1. The van der Waals surface area contributed by atoms with Crippen molar-refractivity contribution < 1.29 is 27.4 Å². The van der Waals surface area contributed by atoms with Gasteiger partial charge in [-0.2, -0.15) is 4.31 Å². The van der Waals surface area contributed by atoms with Crippen LogP contribution in [0.25, 0.3) is 0 Å². The molecule has 0 aromatic heterocycles. The fourth-order valence-electron chi connectivity index (χ4n) is 3.16. The summed E-state index contributed by atoms with van der Waals surface area (Å²) in [6.45, 7) is 1.37. The van der Waals surface area contributed by atoms with Crippen LogP contribution in [0.5, 0.6) is 11.5 Å². The molecule has 1 amide bonds. The van der Waals surface area contributed by atoms with Crippen molar-refractivity contribution >= 4 is 31.9 Å². The van der Waals surface area contributed by atoms with E-state index in [1.807, 2.05) is 0 Å². The van der Waals surface area contributed by atoms with Crippen LogP contribution in [-0.4, -0.2) is 59.2 Å². The molecular weight excluding hydrogens is 476 g/mol. The molecule has 8 nitrogen and oxygen atoms in total. The molecule has 30 heavy (non-hydrogen) atoms. The number of amides is 1. The average molecular weight is 499 g/mol. The number of morpholine rings is 1. The quantitative estimate of drug-likeness (QED) is 0.629. The Morgan fingerprint density at radius 1 is 1.17 bits per heavy atom. The van der Waals surface area contributed by atoms with Crippen LogP contribution in [0.2, 0.25) is 0 Å². The molecule has 2 aromatic rings. The summed E-state index contributed by atoms with van der Waals surface area (Å²) in [6.07, 6.45) is 0. The van der Waals surface area contributed by atoms with Gasteiger partial charge in [0.2, 0.25) is 10.0 Å². The molecule has 1 aliphatic heterocycles. The maximum atomic E-state index is 13.1. The van der Waals surface area contributed by atoms with Crippen LogP contribution in [0, 0.1) is 0 Å². The zero-order valence-corrected chi connectivity index (χ0v) is 19.1. The molecule has 1 fully saturated rings. The van der Waals surface area contributed by atoms with E-state index in [1.165, 1.54) is 18.5 Å². The van der Waals surface area contributed by atoms with E-state index in [0.717, 1.165) is 0 Å². The molecule has 1 N–H and O–H groups in total. The van der Waals surface area contributed by atoms with Gasteiger partial charge in [-0.25, -0.2) is 8.42 Å². The third-order valence-corrected chi connectivity index (χ3v) is 7.29. The predicted molar refractivity (Wildman–Crippen MR) is 114 cm³/mol. The number of halogens is 1. The van der Waals surface area contributed by atoms with E-state index in [2.05, 4.69) is 21.2 Å². The minimum atomic E-state index is -3.69. The fourth-order valence-corrected chi connectivity index (χ4v) is 5.39. The number of hydrogen-bond donors (Lipinski definition) is 1. The highest BCUT2D eigenvalue weighted by Gasteiger charge is 2.28. The van der Waals surface area contributed by atoms with Gasteiger partial charge in [-0.3, -0.25) is 4.79 Å². The van der Waals surface area contributed by atoms with Gasteiger partial charge >= 0.3 is 0 Å². The van der Waals surface area contributed by atoms with Crippen molar-refractivity contribution in [2.24, 2.45) is 0 Å². The second kappa shape index (κ2) is 9.78. The smallest absolute Gasteiger partial charge is 0.255 e. The summed E-state index contributed by atoms with van der Waals surface area (Å²) < 4.78 is 43.9. The van der Waals surface area contributed by atoms with Crippen molar-refractivity contribution in [3.8, 4) is 11.5 Å². The number of benzene rings is 2. The van der Waals surface area contributed by atoms with E-state index in [0.29, 0.717) is 47.8 Å². The largest absolute Gasteiger partial charge is 0.497 e. The first-order chi connectivity index (χ1) is 14.4. The first kappa shape index (κ1) is 22.5. The SMILES string of the molecule is COc1cc(Br)c(OC)c(C(=O)NCc2ccccc2S(=O)(=O)N2CCOCC2)c1. The summed E-state index contributed by atoms with van der Waals surface area (Å²) >= 11 is 3.37. The van der Waals surface area contributed by atoms with Crippen molar-refractivity contribution in [2.45, 2.75) is 11.4 Å². The van der Waals surface area contributed by atoms with E-state index in [-0.39, 0.29) is 17.0 Å². The highest BCUT2D eigenvalue weighted by atomic mass is 79.9. The van der Waals surface area contributed by atoms with Gasteiger partial charge < -0.3 is 19.5 Å². The fraction of sp³-hybridized carbons (Fsp3) is 0.350. The van der Waals surface area contributed by atoms with Crippen molar-refractivity contribution in [3.63, 3.8) is 0 Å². The lowest BCUT2D eigenvalue weighted by Gasteiger charge is -2.27.